The van der Waals surface area contributed by atoms with Crippen LogP contribution in [0.5, 0.6) is 0 Å². The number of carbonyl (C=O) groups is 1. The molecule has 0 aromatic heterocycles. The molecule has 0 aliphatic heterocycles. The van der Waals surface area contributed by atoms with Gasteiger partial charge in [-0.3, -0.25) is 4.79 Å². The van der Waals surface area contributed by atoms with Crippen LogP contribution in [0, 0.1) is 11.6 Å². The first-order valence-corrected chi connectivity index (χ1v) is 9.59. The van der Waals surface area contributed by atoms with Crippen molar-refractivity contribution in [3.63, 3.8) is 0 Å². The van der Waals surface area contributed by atoms with Crippen LogP contribution in [0.2, 0.25) is 0 Å². The molecule has 2 aromatic rings. The number of hydrogen-bond acceptors (Lipinski definition) is 2. The summed E-state index contributed by atoms with van der Waals surface area (Å²) in [5, 5.41) is 6.35. The molecule has 0 heterocycles. The van der Waals surface area contributed by atoms with Gasteiger partial charge in [0.05, 0.1) is 6.54 Å². The second-order valence-corrected chi connectivity index (χ2v) is 7.04. The van der Waals surface area contributed by atoms with E-state index < -0.39 is 11.6 Å². The smallest absolute Gasteiger partial charge is 0.253 e. The van der Waals surface area contributed by atoms with Crippen molar-refractivity contribution in [3.8, 4) is 0 Å². The zero-order valence-corrected chi connectivity index (χ0v) is 17.3. The fourth-order valence-corrected chi connectivity index (χ4v) is 2.78. The van der Waals surface area contributed by atoms with Gasteiger partial charge >= 0.3 is 0 Å². The van der Waals surface area contributed by atoms with E-state index in [1.165, 1.54) is 17.0 Å². The standard InChI is InChI=1S/C22H28F2N4O/c1-5-25-22(26-13-15(2)19-11-10-18(23)12-20(19)24)27-14-16-6-8-17(9-7-16)21(29)28(3)4/h6-12,15H,5,13-14H2,1-4H3,(H2,25,26,27). The molecule has 0 saturated carbocycles. The maximum atomic E-state index is 13.9. The Morgan fingerprint density at radius 2 is 1.79 bits per heavy atom. The quantitative estimate of drug-likeness (QED) is 0.550. The molecule has 0 aliphatic carbocycles. The minimum atomic E-state index is -0.584. The van der Waals surface area contributed by atoms with Gasteiger partial charge in [0.1, 0.15) is 11.6 Å². The summed E-state index contributed by atoms with van der Waals surface area (Å²) in [5.41, 5.74) is 2.05. The van der Waals surface area contributed by atoms with Gasteiger partial charge in [0.15, 0.2) is 5.96 Å². The summed E-state index contributed by atoms with van der Waals surface area (Å²) in [6, 6.07) is 11.0. The van der Waals surface area contributed by atoms with Crippen LogP contribution in [-0.2, 0) is 6.54 Å². The number of guanidine groups is 1. The maximum absolute atomic E-state index is 13.9. The molecular formula is C22H28F2N4O. The number of carbonyl (C=O) groups excluding carboxylic acids is 1. The Bertz CT molecular complexity index is 850. The van der Waals surface area contributed by atoms with Gasteiger partial charge in [0, 0.05) is 44.7 Å². The van der Waals surface area contributed by atoms with Crippen LogP contribution in [0.1, 0.15) is 41.3 Å². The van der Waals surface area contributed by atoms with E-state index in [2.05, 4.69) is 15.6 Å². The van der Waals surface area contributed by atoms with Gasteiger partial charge < -0.3 is 15.5 Å². The molecule has 0 spiro atoms. The van der Waals surface area contributed by atoms with Crippen LogP contribution >= 0.6 is 0 Å². The summed E-state index contributed by atoms with van der Waals surface area (Å²) in [6.07, 6.45) is 0. The van der Waals surface area contributed by atoms with Crippen molar-refractivity contribution in [2.75, 3.05) is 27.2 Å². The number of rotatable bonds is 7. The van der Waals surface area contributed by atoms with Crippen LogP contribution in [0.15, 0.2) is 47.5 Å². The van der Waals surface area contributed by atoms with Gasteiger partial charge in [-0.15, -0.1) is 0 Å². The molecular weight excluding hydrogens is 374 g/mol. The zero-order valence-electron chi connectivity index (χ0n) is 17.3. The number of benzene rings is 2. The highest BCUT2D eigenvalue weighted by molar-refractivity contribution is 5.93. The van der Waals surface area contributed by atoms with Crippen LogP contribution in [-0.4, -0.2) is 44.0 Å². The number of aliphatic imine (C=N–C) groups is 1. The predicted octanol–water partition coefficient (Wildman–Crippen LogP) is 3.53. The first kappa shape index (κ1) is 22.3. The van der Waals surface area contributed by atoms with E-state index >= 15 is 0 Å². The Morgan fingerprint density at radius 1 is 1.10 bits per heavy atom. The van der Waals surface area contributed by atoms with E-state index in [1.54, 1.807) is 26.2 Å². The Hall–Kier alpha value is -2.96. The third kappa shape index (κ3) is 6.55. The molecule has 1 atom stereocenters. The van der Waals surface area contributed by atoms with Crippen molar-refractivity contribution < 1.29 is 13.6 Å². The summed E-state index contributed by atoms with van der Waals surface area (Å²) in [5.74, 6) is -0.726. The number of nitrogens with one attached hydrogen (secondary N) is 2. The predicted molar refractivity (Wildman–Crippen MR) is 112 cm³/mol. The molecule has 0 aliphatic rings. The van der Waals surface area contributed by atoms with Crippen LogP contribution in [0.4, 0.5) is 8.78 Å². The monoisotopic (exact) mass is 402 g/mol. The van der Waals surface area contributed by atoms with Crippen molar-refractivity contribution in [1.82, 2.24) is 15.5 Å². The van der Waals surface area contributed by atoms with E-state index in [-0.39, 0.29) is 11.8 Å². The van der Waals surface area contributed by atoms with E-state index in [1.807, 2.05) is 26.0 Å². The Kier molecular flexibility index (Phi) is 8.12. The molecule has 0 radical (unpaired) electrons. The van der Waals surface area contributed by atoms with Gasteiger partial charge in [0.25, 0.3) is 5.91 Å². The minimum Gasteiger partial charge on any atom is -0.357 e. The first-order valence-electron chi connectivity index (χ1n) is 9.59. The lowest BCUT2D eigenvalue weighted by atomic mass is 10.0. The maximum Gasteiger partial charge on any atom is 0.253 e. The topological polar surface area (TPSA) is 56.7 Å². The van der Waals surface area contributed by atoms with E-state index in [9.17, 15) is 13.6 Å². The third-order valence-electron chi connectivity index (χ3n) is 4.44. The lowest BCUT2D eigenvalue weighted by molar-refractivity contribution is 0.0827. The second-order valence-electron chi connectivity index (χ2n) is 7.04. The van der Waals surface area contributed by atoms with Crippen molar-refractivity contribution in [2.24, 2.45) is 4.99 Å². The van der Waals surface area contributed by atoms with Crippen molar-refractivity contribution in [3.05, 3.63) is 70.8 Å². The molecule has 156 valence electrons. The van der Waals surface area contributed by atoms with E-state index in [0.29, 0.717) is 36.7 Å². The molecule has 1 amide bonds. The summed E-state index contributed by atoms with van der Waals surface area (Å²) in [4.78, 5) is 18.0. The Balaban J connectivity index is 1.99. The Morgan fingerprint density at radius 3 is 2.38 bits per heavy atom. The van der Waals surface area contributed by atoms with Crippen molar-refractivity contribution in [1.29, 1.82) is 0 Å². The zero-order chi connectivity index (χ0) is 21.4. The van der Waals surface area contributed by atoms with Gasteiger partial charge in [0.2, 0.25) is 0 Å². The van der Waals surface area contributed by atoms with E-state index in [4.69, 9.17) is 0 Å². The lowest BCUT2D eigenvalue weighted by Gasteiger charge is -2.17. The van der Waals surface area contributed by atoms with Gasteiger partial charge in [-0.05, 0) is 36.2 Å². The number of nitrogens with zero attached hydrogens (tertiary/aromatic N) is 2. The van der Waals surface area contributed by atoms with Crippen molar-refractivity contribution >= 4 is 11.9 Å². The lowest BCUT2D eigenvalue weighted by Crippen LogP contribution is -2.39. The molecule has 2 N–H and O–H groups in total. The second kappa shape index (κ2) is 10.5. The molecule has 5 nitrogen and oxygen atoms in total. The normalized spacial score (nSPS) is 12.4. The first-order chi connectivity index (χ1) is 13.8. The summed E-state index contributed by atoms with van der Waals surface area (Å²) >= 11 is 0. The molecule has 0 fully saturated rings. The molecule has 1 unspecified atom stereocenters. The number of halogens is 2. The average Bonchev–Trinajstić information content (AvgIpc) is 2.69. The fraction of sp³-hybridized carbons (Fsp3) is 0.364. The van der Waals surface area contributed by atoms with Gasteiger partial charge in [-0.2, -0.15) is 0 Å². The van der Waals surface area contributed by atoms with Gasteiger partial charge in [-0.25, -0.2) is 13.8 Å². The highest BCUT2D eigenvalue weighted by Crippen LogP contribution is 2.19. The molecule has 0 saturated heterocycles. The van der Waals surface area contributed by atoms with E-state index in [0.717, 1.165) is 11.6 Å². The van der Waals surface area contributed by atoms with Gasteiger partial charge in [-0.1, -0.05) is 25.1 Å². The number of amides is 1. The fourth-order valence-electron chi connectivity index (χ4n) is 2.78. The highest BCUT2D eigenvalue weighted by Gasteiger charge is 2.12. The third-order valence-corrected chi connectivity index (χ3v) is 4.44. The Labute approximate surface area is 170 Å². The van der Waals surface area contributed by atoms with Crippen LogP contribution in [0.25, 0.3) is 0 Å². The highest BCUT2D eigenvalue weighted by atomic mass is 19.1. The van der Waals surface area contributed by atoms with Crippen LogP contribution < -0.4 is 10.6 Å². The molecule has 2 rings (SSSR count). The average molecular weight is 402 g/mol. The summed E-state index contributed by atoms with van der Waals surface area (Å²) in [7, 11) is 3.43. The van der Waals surface area contributed by atoms with Crippen molar-refractivity contribution in [2.45, 2.75) is 26.3 Å². The largest absolute Gasteiger partial charge is 0.357 e. The summed E-state index contributed by atoms with van der Waals surface area (Å²) in [6.45, 7) is 5.40. The molecule has 0 bridgehead atoms. The number of hydrogen-bond donors (Lipinski definition) is 2. The molecule has 7 heteroatoms. The minimum absolute atomic E-state index is 0.0444. The molecule has 2 aromatic carbocycles. The van der Waals surface area contributed by atoms with Crippen LogP contribution in [0.3, 0.4) is 0 Å². The molecule has 29 heavy (non-hydrogen) atoms. The summed E-state index contributed by atoms with van der Waals surface area (Å²) < 4.78 is 27.0. The SMILES string of the molecule is CCNC(=NCc1ccc(C(=O)N(C)C)cc1)NCC(C)c1ccc(F)cc1F.